The predicted molar refractivity (Wildman–Crippen MR) is 79.6 cm³/mol. The van der Waals surface area contributed by atoms with Crippen LogP contribution in [0.25, 0.3) is 0 Å². The van der Waals surface area contributed by atoms with Gasteiger partial charge in [0.15, 0.2) is 0 Å². The summed E-state index contributed by atoms with van der Waals surface area (Å²) in [6, 6.07) is 8.50. The molecular weight excluding hydrogens is 244 g/mol. The Kier molecular flexibility index (Phi) is 6.25. The van der Waals surface area contributed by atoms with E-state index >= 15 is 0 Å². The lowest BCUT2D eigenvalue weighted by Crippen LogP contribution is -2.31. The van der Waals surface area contributed by atoms with Gasteiger partial charge in [0, 0.05) is 31.3 Å². The highest BCUT2D eigenvalue weighted by Crippen LogP contribution is 2.10. The SMILES string of the molecule is CC(C)N(CCCO)Cc1ccc(C(N)=S)cc1. The van der Waals surface area contributed by atoms with Crippen LogP contribution >= 0.6 is 12.2 Å². The molecule has 0 fully saturated rings. The smallest absolute Gasteiger partial charge is 0.103 e. The summed E-state index contributed by atoms with van der Waals surface area (Å²) in [6.07, 6.45) is 0.809. The lowest BCUT2D eigenvalue weighted by atomic mass is 10.1. The van der Waals surface area contributed by atoms with Gasteiger partial charge in [-0.05, 0) is 25.8 Å². The maximum Gasteiger partial charge on any atom is 0.103 e. The number of thiocarbonyl (C=S) groups is 1. The third-order valence-electron chi connectivity index (χ3n) is 2.96. The van der Waals surface area contributed by atoms with Gasteiger partial charge in [-0.1, -0.05) is 36.5 Å². The van der Waals surface area contributed by atoms with E-state index < -0.39 is 0 Å². The molecule has 1 aromatic rings. The molecule has 18 heavy (non-hydrogen) atoms. The molecule has 0 atom stereocenters. The van der Waals surface area contributed by atoms with Crippen molar-refractivity contribution in [1.82, 2.24) is 4.90 Å². The van der Waals surface area contributed by atoms with Crippen LogP contribution in [0.5, 0.6) is 0 Å². The van der Waals surface area contributed by atoms with Gasteiger partial charge >= 0.3 is 0 Å². The summed E-state index contributed by atoms with van der Waals surface area (Å²) in [5.41, 5.74) is 7.71. The fourth-order valence-electron chi connectivity index (χ4n) is 1.80. The van der Waals surface area contributed by atoms with Gasteiger partial charge in [-0.15, -0.1) is 0 Å². The Morgan fingerprint density at radius 1 is 1.33 bits per heavy atom. The van der Waals surface area contributed by atoms with Crippen molar-refractivity contribution in [3.63, 3.8) is 0 Å². The number of rotatable bonds is 7. The van der Waals surface area contributed by atoms with Crippen molar-refractivity contribution in [2.75, 3.05) is 13.2 Å². The van der Waals surface area contributed by atoms with E-state index in [1.54, 1.807) is 0 Å². The standard InChI is InChI=1S/C14H22N2OS/c1-11(2)16(8-3-9-17)10-12-4-6-13(7-5-12)14(15)18/h4-7,11,17H,3,8-10H2,1-2H3,(H2,15,18). The van der Waals surface area contributed by atoms with Gasteiger partial charge in [0.1, 0.15) is 4.99 Å². The summed E-state index contributed by atoms with van der Waals surface area (Å²) >= 11 is 4.93. The summed E-state index contributed by atoms with van der Waals surface area (Å²) in [4.78, 5) is 2.77. The van der Waals surface area contributed by atoms with Crippen molar-refractivity contribution >= 4 is 17.2 Å². The second-order valence-corrected chi connectivity index (χ2v) is 5.14. The number of aliphatic hydroxyl groups is 1. The van der Waals surface area contributed by atoms with E-state index in [1.807, 2.05) is 12.1 Å². The van der Waals surface area contributed by atoms with Gasteiger partial charge in [-0.25, -0.2) is 0 Å². The van der Waals surface area contributed by atoms with Crippen molar-refractivity contribution < 1.29 is 5.11 Å². The number of hydrogen-bond acceptors (Lipinski definition) is 3. The van der Waals surface area contributed by atoms with Crippen molar-refractivity contribution in [3.8, 4) is 0 Å². The van der Waals surface area contributed by atoms with Gasteiger partial charge in [0.05, 0.1) is 0 Å². The second-order valence-electron chi connectivity index (χ2n) is 4.70. The van der Waals surface area contributed by atoms with E-state index in [9.17, 15) is 0 Å². The van der Waals surface area contributed by atoms with Crippen LogP contribution in [0, 0.1) is 0 Å². The molecule has 1 rings (SSSR count). The number of hydrogen-bond donors (Lipinski definition) is 2. The molecule has 0 spiro atoms. The Balaban J connectivity index is 2.65. The minimum absolute atomic E-state index is 0.240. The molecule has 100 valence electrons. The van der Waals surface area contributed by atoms with Crippen LogP contribution in [0.15, 0.2) is 24.3 Å². The van der Waals surface area contributed by atoms with Gasteiger partial charge < -0.3 is 10.8 Å². The van der Waals surface area contributed by atoms with E-state index in [0.29, 0.717) is 11.0 Å². The van der Waals surface area contributed by atoms with E-state index in [2.05, 4.69) is 30.9 Å². The largest absolute Gasteiger partial charge is 0.396 e. The van der Waals surface area contributed by atoms with Crippen molar-refractivity contribution in [3.05, 3.63) is 35.4 Å². The zero-order chi connectivity index (χ0) is 13.5. The fourth-order valence-corrected chi connectivity index (χ4v) is 1.94. The van der Waals surface area contributed by atoms with Gasteiger partial charge in [0.25, 0.3) is 0 Å². The third-order valence-corrected chi connectivity index (χ3v) is 3.19. The Morgan fingerprint density at radius 2 is 1.94 bits per heavy atom. The van der Waals surface area contributed by atoms with Gasteiger partial charge in [0.2, 0.25) is 0 Å². The maximum absolute atomic E-state index is 8.91. The van der Waals surface area contributed by atoms with Crippen LogP contribution in [0.4, 0.5) is 0 Å². The average molecular weight is 266 g/mol. The van der Waals surface area contributed by atoms with Crippen LogP contribution in [0.2, 0.25) is 0 Å². The zero-order valence-electron chi connectivity index (χ0n) is 11.1. The molecule has 3 N–H and O–H groups in total. The van der Waals surface area contributed by atoms with Crippen LogP contribution in [-0.4, -0.2) is 34.2 Å². The van der Waals surface area contributed by atoms with Crippen molar-refractivity contribution in [2.24, 2.45) is 5.73 Å². The molecule has 1 aromatic carbocycles. The fraction of sp³-hybridized carbons (Fsp3) is 0.500. The quantitative estimate of drug-likeness (QED) is 0.740. The molecular formula is C14H22N2OS. The van der Waals surface area contributed by atoms with Gasteiger partial charge in [-0.2, -0.15) is 0 Å². The Bertz CT molecular complexity index is 376. The van der Waals surface area contributed by atoms with Crippen LogP contribution < -0.4 is 5.73 Å². The summed E-state index contributed by atoms with van der Waals surface area (Å²) in [5.74, 6) is 0. The first-order valence-electron chi connectivity index (χ1n) is 6.28. The number of benzene rings is 1. The monoisotopic (exact) mass is 266 g/mol. The lowest BCUT2D eigenvalue weighted by molar-refractivity contribution is 0.185. The minimum Gasteiger partial charge on any atom is -0.396 e. The predicted octanol–water partition coefficient (Wildman–Crippen LogP) is 1.91. The Morgan fingerprint density at radius 3 is 2.39 bits per heavy atom. The highest BCUT2D eigenvalue weighted by Gasteiger charge is 2.09. The third kappa shape index (κ3) is 4.72. The molecule has 0 aliphatic rings. The average Bonchev–Trinajstić information content (AvgIpc) is 2.34. The first kappa shape index (κ1) is 15.1. The Hall–Kier alpha value is -0.970. The van der Waals surface area contributed by atoms with E-state index in [-0.39, 0.29) is 6.61 Å². The molecule has 4 heteroatoms. The molecule has 3 nitrogen and oxygen atoms in total. The molecule has 0 aromatic heterocycles. The summed E-state index contributed by atoms with van der Waals surface area (Å²) in [7, 11) is 0. The van der Waals surface area contributed by atoms with Crippen molar-refractivity contribution in [2.45, 2.75) is 32.9 Å². The summed E-state index contributed by atoms with van der Waals surface area (Å²) in [5, 5.41) is 8.91. The molecule has 0 unspecified atom stereocenters. The van der Waals surface area contributed by atoms with Crippen LogP contribution in [0.3, 0.4) is 0 Å². The first-order chi connectivity index (χ1) is 8.54. The van der Waals surface area contributed by atoms with Crippen LogP contribution in [0.1, 0.15) is 31.4 Å². The van der Waals surface area contributed by atoms with E-state index in [0.717, 1.165) is 25.1 Å². The topological polar surface area (TPSA) is 49.5 Å². The molecule has 0 saturated heterocycles. The molecule has 0 aliphatic heterocycles. The lowest BCUT2D eigenvalue weighted by Gasteiger charge is -2.26. The Labute approximate surface area is 115 Å². The number of nitrogens with zero attached hydrogens (tertiary/aromatic N) is 1. The highest BCUT2D eigenvalue weighted by molar-refractivity contribution is 7.80. The summed E-state index contributed by atoms with van der Waals surface area (Å²) < 4.78 is 0. The highest BCUT2D eigenvalue weighted by atomic mass is 32.1. The molecule has 0 radical (unpaired) electrons. The molecule has 0 heterocycles. The maximum atomic E-state index is 8.91. The molecule has 0 aliphatic carbocycles. The van der Waals surface area contributed by atoms with Gasteiger partial charge in [-0.3, -0.25) is 4.90 Å². The van der Waals surface area contributed by atoms with Crippen LogP contribution in [-0.2, 0) is 6.54 Å². The molecule has 0 saturated carbocycles. The zero-order valence-corrected chi connectivity index (χ0v) is 11.9. The first-order valence-corrected chi connectivity index (χ1v) is 6.69. The van der Waals surface area contributed by atoms with E-state index in [4.69, 9.17) is 23.1 Å². The molecule has 0 amide bonds. The minimum atomic E-state index is 0.240. The summed E-state index contributed by atoms with van der Waals surface area (Å²) in [6.45, 7) is 6.37. The van der Waals surface area contributed by atoms with Crippen molar-refractivity contribution in [1.29, 1.82) is 0 Å². The number of aliphatic hydroxyl groups excluding tert-OH is 1. The number of nitrogens with two attached hydrogens (primary N) is 1. The second kappa shape index (κ2) is 7.46. The van der Waals surface area contributed by atoms with E-state index in [1.165, 1.54) is 5.56 Å². The normalized spacial score (nSPS) is 11.2. The molecule has 0 bridgehead atoms.